The fraction of sp³-hybridized carbons (Fsp3) is 0.304. The Bertz CT molecular complexity index is 1250. The third kappa shape index (κ3) is 3.98. The highest BCUT2D eigenvalue weighted by Gasteiger charge is 2.25. The highest BCUT2D eigenvalue weighted by Crippen LogP contribution is 2.24. The normalized spacial score (nSPS) is 16.3. The number of aromatic nitrogens is 4. The van der Waals surface area contributed by atoms with Crippen LogP contribution in [0.4, 0.5) is 0 Å². The molecule has 1 atom stereocenters. The number of carbonyl (C=O) groups excluding carboxylic acids is 1. The highest BCUT2D eigenvalue weighted by atomic mass is 35.5. The van der Waals surface area contributed by atoms with E-state index < -0.39 is 0 Å². The second-order valence-corrected chi connectivity index (χ2v) is 8.41. The number of hydrogen-bond donors (Lipinski definition) is 0. The van der Waals surface area contributed by atoms with E-state index in [2.05, 4.69) is 39.8 Å². The average molecular weight is 436 g/mol. The maximum absolute atomic E-state index is 13.4. The molecule has 1 fully saturated rings. The number of hydrogen-bond acceptors (Lipinski definition) is 5. The van der Waals surface area contributed by atoms with Crippen molar-refractivity contribution in [3.8, 4) is 0 Å². The number of pyridine rings is 1. The molecule has 0 aliphatic carbocycles. The minimum atomic E-state index is -0.0678. The molecule has 1 amide bonds. The number of halogens is 1. The first-order valence-corrected chi connectivity index (χ1v) is 10.7. The first-order valence-electron chi connectivity index (χ1n) is 10.4. The van der Waals surface area contributed by atoms with Gasteiger partial charge in [-0.2, -0.15) is 4.52 Å². The highest BCUT2D eigenvalue weighted by molar-refractivity contribution is 6.30. The first kappa shape index (κ1) is 19.9. The Kier molecular flexibility index (Phi) is 5.29. The lowest BCUT2D eigenvalue weighted by molar-refractivity contribution is 0.0508. The molecular weight excluding hydrogens is 414 g/mol. The van der Waals surface area contributed by atoms with Crippen molar-refractivity contribution in [3.63, 3.8) is 0 Å². The van der Waals surface area contributed by atoms with E-state index >= 15 is 0 Å². The van der Waals surface area contributed by atoms with Gasteiger partial charge in [-0.15, -0.1) is 5.10 Å². The van der Waals surface area contributed by atoms with E-state index in [0.717, 1.165) is 41.5 Å². The lowest BCUT2D eigenvalue weighted by atomic mass is 10.1. The molecule has 0 spiro atoms. The SMILES string of the molecule is Cc1ccc2cc(CN(C[C@H]3CCCO3)C(=O)c3ccc(Cl)cc3)c3nnnn3c2c1. The lowest BCUT2D eigenvalue weighted by Crippen LogP contribution is -2.37. The first-order chi connectivity index (χ1) is 15.1. The maximum Gasteiger partial charge on any atom is 0.254 e. The second kappa shape index (κ2) is 8.24. The van der Waals surface area contributed by atoms with Crippen LogP contribution in [0.3, 0.4) is 0 Å². The van der Waals surface area contributed by atoms with Gasteiger partial charge < -0.3 is 9.64 Å². The Morgan fingerprint density at radius 3 is 2.84 bits per heavy atom. The van der Waals surface area contributed by atoms with Crippen molar-refractivity contribution in [2.45, 2.75) is 32.4 Å². The zero-order valence-corrected chi connectivity index (χ0v) is 17.9. The summed E-state index contributed by atoms with van der Waals surface area (Å²) in [6.45, 7) is 3.68. The molecule has 1 aliphatic rings. The van der Waals surface area contributed by atoms with Crippen molar-refractivity contribution in [1.29, 1.82) is 0 Å². The quantitative estimate of drug-likeness (QED) is 0.472. The summed E-state index contributed by atoms with van der Waals surface area (Å²) < 4.78 is 7.57. The standard InChI is InChI=1S/C23H22ClN5O2/c1-15-4-5-17-12-18(22-25-26-27-29(22)21(17)11-15)13-28(14-20-3-2-10-31-20)23(30)16-6-8-19(24)9-7-16/h4-9,11-12,20H,2-3,10,13-14H2,1H3/t20-/m1/s1. The largest absolute Gasteiger partial charge is 0.376 e. The average Bonchev–Trinajstić information content (AvgIpc) is 3.46. The summed E-state index contributed by atoms with van der Waals surface area (Å²) in [6, 6.07) is 15.2. The fourth-order valence-corrected chi connectivity index (χ4v) is 4.24. The van der Waals surface area contributed by atoms with Crippen molar-refractivity contribution < 1.29 is 9.53 Å². The molecule has 31 heavy (non-hydrogen) atoms. The van der Waals surface area contributed by atoms with Gasteiger partial charge in [0.2, 0.25) is 0 Å². The number of ether oxygens (including phenoxy) is 1. The van der Waals surface area contributed by atoms with Crippen molar-refractivity contribution >= 4 is 34.1 Å². The molecule has 4 aromatic rings. The number of carbonyl (C=O) groups is 1. The summed E-state index contributed by atoms with van der Waals surface area (Å²) in [4.78, 5) is 15.2. The number of tetrazole rings is 1. The zero-order chi connectivity index (χ0) is 21.4. The van der Waals surface area contributed by atoms with Gasteiger partial charge in [0.15, 0.2) is 5.65 Å². The van der Waals surface area contributed by atoms with Crippen LogP contribution in [0.5, 0.6) is 0 Å². The van der Waals surface area contributed by atoms with E-state index in [-0.39, 0.29) is 12.0 Å². The minimum absolute atomic E-state index is 0.0337. The molecule has 0 saturated carbocycles. The van der Waals surface area contributed by atoms with Crippen LogP contribution in [0.1, 0.15) is 34.3 Å². The number of rotatable bonds is 5. The van der Waals surface area contributed by atoms with Gasteiger partial charge in [-0.3, -0.25) is 4.79 Å². The second-order valence-electron chi connectivity index (χ2n) is 7.97. The zero-order valence-electron chi connectivity index (χ0n) is 17.2. The van der Waals surface area contributed by atoms with E-state index in [1.165, 1.54) is 0 Å². The predicted octanol–water partition coefficient (Wildman–Crippen LogP) is 4.06. The van der Waals surface area contributed by atoms with E-state index in [4.69, 9.17) is 16.3 Å². The monoisotopic (exact) mass is 435 g/mol. The van der Waals surface area contributed by atoms with Gasteiger partial charge >= 0.3 is 0 Å². The maximum atomic E-state index is 13.4. The molecule has 158 valence electrons. The molecule has 0 bridgehead atoms. The molecule has 3 heterocycles. The molecular formula is C23H22ClN5O2. The molecule has 2 aromatic heterocycles. The van der Waals surface area contributed by atoms with Gasteiger partial charge in [0.1, 0.15) is 0 Å². The molecule has 7 nitrogen and oxygen atoms in total. The fourth-order valence-electron chi connectivity index (χ4n) is 4.11. The van der Waals surface area contributed by atoms with Crippen LogP contribution in [0.2, 0.25) is 5.02 Å². The van der Waals surface area contributed by atoms with Crippen LogP contribution in [0.15, 0.2) is 48.5 Å². The Morgan fingerprint density at radius 1 is 1.23 bits per heavy atom. The van der Waals surface area contributed by atoms with Gasteiger partial charge in [0.25, 0.3) is 5.91 Å². The summed E-state index contributed by atoms with van der Waals surface area (Å²) in [5, 5.41) is 13.9. The molecule has 5 rings (SSSR count). The molecule has 0 radical (unpaired) electrons. The van der Waals surface area contributed by atoms with Crippen LogP contribution in [0.25, 0.3) is 16.6 Å². The Morgan fingerprint density at radius 2 is 2.06 bits per heavy atom. The Hall–Kier alpha value is -3.03. The van der Waals surface area contributed by atoms with Gasteiger partial charge in [0.05, 0.1) is 11.6 Å². The van der Waals surface area contributed by atoms with Gasteiger partial charge in [-0.25, -0.2) is 0 Å². The number of nitrogens with zero attached hydrogens (tertiary/aromatic N) is 5. The molecule has 0 unspecified atom stereocenters. The van der Waals surface area contributed by atoms with E-state index in [9.17, 15) is 4.79 Å². The van der Waals surface area contributed by atoms with Crippen molar-refractivity contribution in [2.75, 3.05) is 13.2 Å². The predicted molar refractivity (Wildman–Crippen MR) is 118 cm³/mol. The number of fused-ring (bicyclic) bond motifs is 3. The molecule has 0 N–H and O–H groups in total. The van der Waals surface area contributed by atoms with E-state index in [0.29, 0.717) is 29.3 Å². The van der Waals surface area contributed by atoms with Crippen LogP contribution in [-0.2, 0) is 11.3 Å². The van der Waals surface area contributed by atoms with Gasteiger partial charge in [-0.1, -0.05) is 23.7 Å². The van der Waals surface area contributed by atoms with E-state index in [1.807, 2.05) is 11.8 Å². The summed E-state index contributed by atoms with van der Waals surface area (Å²) in [5.41, 5.74) is 4.21. The third-order valence-corrected chi connectivity index (χ3v) is 5.94. The van der Waals surface area contributed by atoms with Crippen molar-refractivity contribution in [1.82, 2.24) is 24.9 Å². The minimum Gasteiger partial charge on any atom is -0.376 e. The number of benzene rings is 2. The topological polar surface area (TPSA) is 72.6 Å². The van der Waals surface area contributed by atoms with E-state index in [1.54, 1.807) is 28.8 Å². The summed E-state index contributed by atoms with van der Waals surface area (Å²) >= 11 is 6.01. The Labute approximate surface area is 184 Å². The lowest BCUT2D eigenvalue weighted by Gasteiger charge is -2.26. The summed E-state index contributed by atoms with van der Waals surface area (Å²) in [6.07, 6.45) is 2.00. The van der Waals surface area contributed by atoms with Gasteiger partial charge in [0, 0.05) is 41.2 Å². The van der Waals surface area contributed by atoms with Gasteiger partial charge in [-0.05, 0) is 72.2 Å². The Balaban J connectivity index is 1.54. The number of aryl methyl sites for hydroxylation is 1. The molecule has 1 saturated heterocycles. The summed E-state index contributed by atoms with van der Waals surface area (Å²) in [5.74, 6) is -0.0678. The van der Waals surface area contributed by atoms with Crippen LogP contribution in [-0.4, -0.2) is 50.1 Å². The smallest absolute Gasteiger partial charge is 0.254 e. The number of amides is 1. The summed E-state index contributed by atoms with van der Waals surface area (Å²) in [7, 11) is 0. The van der Waals surface area contributed by atoms with Crippen LogP contribution >= 0.6 is 11.6 Å². The molecule has 1 aliphatic heterocycles. The molecule has 2 aromatic carbocycles. The molecule has 8 heteroatoms. The van der Waals surface area contributed by atoms with Crippen LogP contribution < -0.4 is 0 Å². The van der Waals surface area contributed by atoms with Crippen LogP contribution in [0, 0.1) is 6.92 Å². The van der Waals surface area contributed by atoms with Crippen molar-refractivity contribution in [3.05, 3.63) is 70.2 Å². The third-order valence-electron chi connectivity index (χ3n) is 5.69. The van der Waals surface area contributed by atoms with Crippen molar-refractivity contribution in [2.24, 2.45) is 0 Å².